The summed E-state index contributed by atoms with van der Waals surface area (Å²) in [6, 6.07) is 0. The van der Waals surface area contributed by atoms with Crippen LogP contribution in [0.25, 0.3) is 0 Å². The number of fused-ring (bicyclic) bond motifs is 1. The van der Waals surface area contributed by atoms with Crippen LogP contribution < -0.4 is 4.90 Å². The first-order chi connectivity index (χ1) is 13.6. The second-order valence-corrected chi connectivity index (χ2v) is 8.65. The molecule has 1 aliphatic carbocycles. The predicted octanol–water partition coefficient (Wildman–Crippen LogP) is 3.54. The van der Waals surface area contributed by atoms with E-state index in [4.69, 9.17) is 19.7 Å². The molecule has 0 bridgehead atoms. The number of rotatable bonds is 6. The van der Waals surface area contributed by atoms with Gasteiger partial charge in [0.25, 0.3) is 0 Å². The van der Waals surface area contributed by atoms with E-state index in [9.17, 15) is 0 Å². The van der Waals surface area contributed by atoms with Gasteiger partial charge in [-0.2, -0.15) is 0 Å². The topological polar surface area (TPSA) is 54.4 Å². The highest BCUT2D eigenvalue weighted by Crippen LogP contribution is 2.29. The van der Waals surface area contributed by atoms with E-state index in [2.05, 4.69) is 22.1 Å². The molecule has 2 aliphatic rings. The van der Waals surface area contributed by atoms with Gasteiger partial charge >= 0.3 is 0 Å². The molecule has 4 rings (SSSR count). The van der Waals surface area contributed by atoms with E-state index in [1.165, 1.54) is 29.9 Å². The Balaban J connectivity index is 1.37. The fourth-order valence-electron chi connectivity index (χ4n) is 4.21. The molecule has 0 N–H and O–H groups in total. The summed E-state index contributed by atoms with van der Waals surface area (Å²) in [5, 5.41) is 3.26. The summed E-state index contributed by atoms with van der Waals surface area (Å²) < 4.78 is 5.66. The summed E-state index contributed by atoms with van der Waals surface area (Å²) >= 11 is 1.71. The molecule has 2 aromatic heterocycles. The third-order valence-corrected chi connectivity index (χ3v) is 6.72. The minimum absolute atomic E-state index is 0.0905. The molecule has 1 saturated heterocycles. The molecule has 6 nitrogen and oxygen atoms in total. The van der Waals surface area contributed by atoms with Crippen molar-refractivity contribution in [1.82, 2.24) is 19.9 Å². The molecule has 0 amide bonds. The van der Waals surface area contributed by atoms with Gasteiger partial charge in [0.15, 0.2) is 0 Å². The van der Waals surface area contributed by atoms with Gasteiger partial charge in [-0.3, -0.25) is 4.90 Å². The Labute approximate surface area is 172 Å². The standard InChI is InChI=1S/C21H31N5OS/c1-4-27-15(2)21-24-17(14-28-21)13-25-9-11-26(12-10-25)20-18-7-5-6-8-19(18)22-16(3)23-20/h14-15H,4-13H2,1-3H3. The van der Waals surface area contributed by atoms with E-state index >= 15 is 0 Å². The maximum atomic E-state index is 5.66. The van der Waals surface area contributed by atoms with E-state index in [0.29, 0.717) is 0 Å². The minimum Gasteiger partial charge on any atom is -0.372 e. The zero-order valence-electron chi connectivity index (χ0n) is 17.3. The van der Waals surface area contributed by atoms with E-state index < -0.39 is 0 Å². The van der Waals surface area contributed by atoms with Gasteiger partial charge in [-0.05, 0) is 46.5 Å². The molecule has 1 unspecified atom stereocenters. The highest BCUT2D eigenvalue weighted by Gasteiger charge is 2.24. The quantitative estimate of drug-likeness (QED) is 0.738. The Bertz CT molecular complexity index is 800. The van der Waals surface area contributed by atoms with Gasteiger partial charge in [-0.15, -0.1) is 11.3 Å². The minimum atomic E-state index is 0.0905. The van der Waals surface area contributed by atoms with Gasteiger partial charge in [-0.25, -0.2) is 15.0 Å². The molecule has 0 spiro atoms. The van der Waals surface area contributed by atoms with Crippen LogP contribution in [-0.4, -0.2) is 52.6 Å². The average Bonchev–Trinajstić information content (AvgIpc) is 3.17. The van der Waals surface area contributed by atoms with Crippen LogP contribution in [0, 0.1) is 6.92 Å². The first-order valence-corrected chi connectivity index (χ1v) is 11.4. The lowest BCUT2D eigenvalue weighted by Crippen LogP contribution is -2.46. The van der Waals surface area contributed by atoms with Crippen LogP contribution >= 0.6 is 11.3 Å². The lowest BCUT2D eigenvalue weighted by atomic mass is 9.96. The van der Waals surface area contributed by atoms with Crippen LogP contribution in [0.2, 0.25) is 0 Å². The van der Waals surface area contributed by atoms with Crippen LogP contribution in [0.5, 0.6) is 0 Å². The first-order valence-electron chi connectivity index (χ1n) is 10.5. The van der Waals surface area contributed by atoms with Crippen molar-refractivity contribution in [3.8, 4) is 0 Å². The Morgan fingerprint density at radius 3 is 2.68 bits per heavy atom. The smallest absolute Gasteiger partial charge is 0.135 e. The first kappa shape index (κ1) is 19.7. The molecular weight excluding hydrogens is 370 g/mol. The van der Waals surface area contributed by atoms with Gasteiger partial charge in [0.1, 0.15) is 22.8 Å². The Kier molecular flexibility index (Phi) is 6.23. The SMILES string of the molecule is CCOC(C)c1nc(CN2CCN(c3nc(C)nc4c3CCCC4)CC2)cs1. The molecule has 0 saturated carbocycles. The second kappa shape index (κ2) is 8.84. The van der Waals surface area contributed by atoms with Gasteiger partial charge in [-0.1, -0.05) is 0 Å². The summed E-state index contributed by atoms with van der Waals surface area (Å²) in [4.78, 5) is 19.3. The fourth-order valence-corrected chi connectivity index (χ4v) is 5.02. The van der Waals surface area contributed by atoms with Crippen molar-refractivity contribution < 1.29 is 4.74 Å². The van der Waals surface area contributed by atoms with E-state index in [-0.39, 0.29) is 6.10 Å². The molecule has 0 aromatic carbocycles. The molecule has 0 radical (unpaired) electrons. The van der Waals surface area contributed by atoms with E-state index in [1.54, 1.807) is 11.3 Å². The van der Waals surface area contributed by atoms with Crippen molar-refractivity contribution in [2.45, 2.75) is 59.1 Å². The van der Waals surface area contributed by atoms with Crippen LogP contribution in [0.1, 0.15) is 60.6 Å². The van der Waals surface area contributed by atoms with Gasteiger partial charge in [0.05, 0.1) is 5.69 Å². The molecule has 2 aromatic rings. The zero-order valence-corrected chi connectivity index (χ0v) is 18.1. The van der Waals surface area contributed by atoms with Crippen molar-refractivity contribution in [3.63, 3.8) is 0 Å². The highest BCUT2D eigenvalue weighted by molar-refractivity contribution is 7.09. The second-order valence-electron chi connectivity index (χ2n) is 7.76. The molecule has 152 valence electrons. The number of aryl methyl sites for hydroxylation is 2. The van der Waals surface area contributed by atoms with Crippen LogP contribution in [-0.2, 0) is 24.1 Å². The number of ether oxygens (including phenoxy) is 1. The molecule has 7 heteroatoms. The Hall–Kier alpha value is -1.57. The van der Waals surface area contributed by atoms with Crippen molar-refractivity contribution >= 4 is 17.2 Å². The Morgan fingerprint density at radius 1 is 1.11 bits per heavy atom. The lowest BCUT2D eigenvalue weighted by molar-refractivity contribution is 0.0760. The number of hydrogen-bond acceptors (Lipinski definition) is 7. The summed E-state index contributed by atoms with van der Waals surface area (Å²) in [6.45, 7) is 11.9. The highest BCUT2D eigenvalue weighted by atomic mass is 32.1. The maximum absolute atomic E-state index is 5.66. The zero-order chi connectivity index (χ0) is 19.5. The molecule has 1 aliphatic heterocycles. The third kappa shape index (κ3) is 4.36. The van der Waals surface area contributed by atoms with Crippen molar-refractivity contribution in [1.29, 1.82) is 0 Å². The van der Waals surface area contributed by atoms with Crippen LogP contribution in [0.15, 0.2) is 5.38 Å². The molecular formula is C21H31N5OS. The predicted molar refractivity (Wildman–Crippen MR) is 113 cm³/mol. The maximum Gasteiger partial charge on any atom is 0.135 e. The van der Waals surface area contributed by atoms with E-state index in [1.807, 2.05) is 13.8 Å². The summed E-state index contributed by atoms with van der Waals surface area (Å²) in [5.41, 5.74) is 3.85. The summed E-state index contributed by atoms with van der Waals surface area (Å²) in [6.07, 6.45) is 4.85. The van der Waals surface area contributed by atoms with E-state index in [0.717, 1.165) is 68.7 Å². The monoisotopic (exact) mass is 401 g/mol. The lowest BCUT2D eigenvalue weighted by Gasteiger charge is -2.36. The Morgan fingerprint density at radius 2 is 1.89 bits per heavy atom. The van der Waals surface area contributed by atoms with Crippen molar-refractivity contribution in [2.75, 3.05) is 37.7 Å². The average molecular weight is 402 g/mol. The number of aromatic nitrogens is 3. The molecule has 1 atom stereocenters. The van der Waals surface area contributed by atoms with Crippen molar-refractivity contribution in [2.24, 2.45) is 0 Å². The number of anilines is 1. The van der Waals surface area contributed by atoms with Gasteiger partial charge < -0.3 is 9.64 Å². The molecule has 1 fully saturated rings. The largest absolute Gasteiger partial charge is 0.372 e. The number of piperazine rings is 1. The molecule has 28 heavy (non-hydrogen) atoms. The van der Waals surface area contributed by atoms with Crippen LogP contribution in [0.4, 0.5) is 5.82 Å². The van der Waals surface area contributed by atoms with Crippen LogP contribution in [0.3, 0.4) is 0 Å². The normalized spacial score (nSPS) is 18.9. The number of hydrogen-bond donors (Lipinski definition) is 0. The summed E-state index contributed by atoms with van der Waals surface area (Å²) in [5.74, 6) is 2.11. The van der Waals surface area contributed by atoms with Crippen molar-refractivity contribution in [3.05, 3.63) is 33.2 Å². The fraction of sp³-hybridized carbons (Fsp3) is 0.667. The number of nitrogens with zero attached hydrogens (tertiary/aromatic N) is 5. The summed E-state index contributed by atoms with van der Waals surface area (Å²) in [7, 11) is 0. The third-order valence-electron chi connectivity index (χ3n) is 5.66. The molecule has 3 heterocycles. The number of thiazole rings is 1. The van der Waals surface area contributed by atoms with Gasteiger partial charge in [0.2, 0.25) is 0 Å². The van der Waals surface area contributed by atoms with Gasteiger partial charge in [0, 0.05) is 56.0 Å².